The number of benzene rings is 1. The van der Waals surface area contributed by atoms with Gasteiger partial charge in [-0.25, -0.2) is 4.39 Å². The second-order valence-corrected chi connectivity index (χ2v) is 4.47. The lowest BCUT2D eigenvalue weighted by atomic mass is 10.0. The average molecular weight is 284 g/mol. The van der Waals surface area contributed by atoms with Crippen molar-refractivity contribution in [2.24, 2.45) is 5.73 Å². The number of nitrogens with two attached hydrogens (primary N) is 1. The van der Waals surface area contributed by atoms with Crippen molar-refractivity contribution in [3.63, 3.8) is 0 Å². The third-order valence-electron chi connectivity index (χ3n) is 2.96. The number of nitrogens with zero attached hydrogens (tertiary/aromatic N) is 2. The minimum atomic E-state index is -0.524. The van der Waals surface area contributed by atoms with Gasteiger partial charge in [0.2, 0.25) is 0 Å². The highest BCUT2D eigenvalue weighted by atomic mass is 35.5. The zero-order valence-corrected chi connectivity index (χ0v) is 11.5. The summed E-state index contributed by atoms with van der Waals surface area (Å²) >= 11 is 5.67. The van der Waals surface area contributed by atoms with Gasteiger partial charge in [-0.2, -0.15) is 5.10 Å². The summed E-state index contributed by atoms with van der Waals surface area (Å²) in [5.41, 5.74) is 7.52. The summed E-state index contributed by atoms with van der Waals surface area (Å²) in [6, 6.07) is 4.00. The van der Waals surface area contributed by atoms with Crippen LogP contribution < -0.4 is 10.5 Å². The fourth-order valence-corrected chi connectivity index (χ4v) is 2.08. The summed E-state index contributed by atoms with van der Waals surface area (Å²) < 4.78 is 20.5. The zero-order valence-electron chi connectivity index (χ0n) is 10.7. The molecule has 1 atom stereocenters. The summed E-state index contributed by atoms with van der Waals surface area (Å²) in [6.45, 7) is 2.60. The number of aromatic nitrogens is 2. The van der Waals surface area contributed by atoms with Crippen molar-refractivity contribution in [1.29, 1.82) is 0 Å². The molecule has 0 fully saturated rings. The lowest BCUT2D eigenvalue weighted by molar-refractivity contribution is 0.404. The van der Waals surface area contributed by atoms with Gasteiger partial charge in [0, 0.05) is 6.54 Å². The Labute approximate surface area is 115 Å². The van der Waals surface area contributed by atoms with Gasteiger partial charge < -0.3 is 10.5 Å². The summed E-state index contributed by atoms with van der Waals surface area (Å²) in [7, 11) is 1.55. The molecule has 1 unspecified atom stereocenters. The minimum Gasteiger partial charge on any atom is -0.493 e. The van der Waals surface area contributed by atoms with Crippen molar-refractivity contribution < 1.29 is 9.13 Å². The molecule has 0 radical (unpaired) electrons. The Morgan fingerprint density at radius 2 is 2.26 bits per heavy atom. The van der Waals surface area contributed by atoms with Gasteiger partial charge in [0.1, 0.15) is 11.5 Å². The highest BCUT2D eigenvalue weighted by Gasteiger charge is 2.20. The molecule has 2 aromatic rings. The number of halogens is 2. The minimum absolute atomic E-state index is 0.0758. The SMILES string of the molecule is CCn1ncc(OC)c1C(N)c1ccc(Cl)c(F)c1. The molecule has 0 amide bonds. The largest absolute Gasteiger partial charge is 0.493 e. The first-order valence-corrected chi connectivity index (χ1v) is 6.26. The monoisotopic (exact) mass is 283 g/mol. The van der Waals surface area contributed by atoms with Crippen LogP contribution in [0.3, 0.4) is 0 Å². The van der Waals surface area contributed by atoms with Crippen LogP contribution >= 0.6 is 11.6 Å². The zero-order chi connectivity index (χ0) is 14.0. The van der Waals surface area contributed by atoms with E-state index in [9.17, 15) is 4.39 Å². The van der Waals surface area contributed by atoms with E-state index in [-0.39, 0.29) is 5.02 Å². The topological polar surface area (TPSA) is 53.1 Å². The van der Waals surface area contributed by atoms with Crippen LogP contribution in [0.15, 0.2) is 24.4 Å². The van der Waals surface area contributed by atoms with Crippen molar-refractivity contribution >= 4 is 11.6 Å². The maximum atomic E-state index is 13.5. The van der Waals surface area contributed by atoms with Crippen LogP contribution in [-0.2, 0) is 6.54 Å². The lowest BCUT2D eigenvalue weighted by Gasteiger charge is -2.15. The molecular weight excluding hydrogens is 269 g/mol. The number of ether oxygens (including phenoxy) is 1. The Morgan fingerprint density at radius 3 is 2.84 bits per heavy atom. The standard InChI is InChI=1S/C13H15ClFN3O/c1-3-18-13(11(19-2)7-17-18)12(16)8-4-5-9(14)10(15)6-8/h4-7,12H,3,16H2,1-2H3. The molecule has 4 nitrogen and oxygen atoms in total. The number of hydrogen-bond acceptors (Lipinski definition) is 3. The van der Waals surface area contributed by atoms with Crippen molar-refractivity contribution in [2.75, 3.05) is 7.11 Å². The molecule has 0 bridgehead atoms. The fraction of sp³-hybridized carbons (Fsp3) is 0.308. The smallest absolute Gasteiger partial charge is 0.161 e. The van der Waals surface area contributed by atoms with Gasteiger partial charge in [-0.1, -0.05) is 17.7 Å². The van der Waals surface area contributed by atoms with Gasteiger partial charge in [0.05, 0.1) is 24.4 Å². The van der Waals surface area contributed by atoms with E-state index in [2.05, 4.69) is 5.10 Å². The normalized spacial score (nSPS) is 12.5. The number of hydrogen-bond donors (Lipinski definition) is 1. The highest BCUT2D eigenvalue weighted by Crippen LogP contribution is 2.29. The van der Waals surface area contributed by atoms with Crippen LogP contribution in [0.1, 0.15) is 24.2 Å². The number of methoxy groups -OCH3 is 1. The van der Waals surface area contributed by atoms with Crippen molar-refractivity contribution in [2.45, 2.75) is 19.5 Å². The van der Waals surface area contributed by atoms with Crippen LogP contribution in [0, 0.1) is 5.82 Å². The first-order valence-electron chi connectivity index (χ1n) is 5.88. The maximum absolute atomic E-state index is 13.5. The van der Waals surface area contributed by atoms with E-state index in [4.69, 9.17) is 22.1 Å². The van der Waals surface area contributed by atoms with Gasteiger partial charge in [-0.15, -0.1) is 0 Å². The van der Waals surface area contributed by atoms with E-state index in [0.29, 0.717) is 23.6 Å². The second-order valence-electron chi connectivity index (χ2n) is 4.07. The van der Waals surface area contributed by atoms with Crippen molar-refractivity contribution in [1.82, 2.24) is 9.78 Å². The molecule has 0 spiro atoms. The molecule has 1 aromatic carbocycles. The highest BCUT2D eigenvalue weighted by molar-refractivity contribution is 6.30. The second kappa shape index (κ2) is 5.59. The molecule has 2 rings (SSSR count). The predicted molar refractivity (Wildman–Crippen MR) is 71.9 cm³/mol. The van der Waals surface area contributed by atoms with Crippen LogP contribution in [-0.4, -0.2) is 16.9 Å². The number of aryl methyl sites for hydroxylation is 1. The van der Waals surface area contributed by atoms with Gasteiger partial charge in [-0.05, 0) is 24.6 Å². The Hall–Kier alpha value is -1.59. The van der Waals surface area contributed by atoms with Crippen molar-refractivity contribution in [3.8, 4) is 5.75 Å². The van der Waals surface area contributed by atoms with E-state index in [1.54, 1.807) is 24.1 Å². The van der Waals surface area contributed by atoms with Gasteiger partial charge >= 0.3 is 0 Å². The molecule has 0 saturated carbocycles. The van der Waals surface area contributed by atoms with Crippen LogP contribution in [0.25, 0.3) is 0 Å². The Morgan fingerprint density at radius 1 is 1.53 bits per heavy atom. The predicted octanol–water partition coefficient (Wildman–Crippen LogP) is 2.75. The number of rotatable bonds is 4. The molecule has 0 aliphatic rings. The third-order valence-corrected chi connectivity index (χ3v) is 3.27. The molecule has 6 heteroatoms. The van der Waals surface area contributed by atoms with Gasteiger partial charge in [0.25, 0.3) is 0 Å². The van der Waals surface area contributed by atoms with Crippen LogP contribution in [0.4, 0.5) is 4.39 Å². The van der Waals surface area contributed by atoms with E-state index in [1.807, 2.05) is 6.92 Å². The van der Waals surface area contributed by atoms with Crippen LogP contribution in [0.5, 0.6) is 5.75 Å². The molecular formula is C13H15ClFN3O. The molecule has 0 aliphatic carbocycles. The Bertz CT molecular complexity index is 564. The quantitative estimate of drug-likeness (QED) is 0.939. The lowest BCUT2D eigenvalue weighted by Crippen LogP contribution is -2.18. The summed E-state index contributed by atoms with van der Waals surface area (Å²) in [6.07, 6.45) is 1.60. The molecule has 102 valence electrons. The van der Waals surface area contributed by atoms with Crippen molar-refractivity contribution in [3.05, 3.63) is 46.5 Å². The molecule has 1 heterocycles. The average Bonchev–Trinajstić information content (AvgIpc) is 2.83. The van der Waals surface area contributed by atoms with Gasteiger partial charge in [-0.3, -0.25) is 4.68 Å². The van der Waals surface area contributed by atoms with E-state index < -0.39 is 11.9 Å². The summed E-state index contributed by atoms with van der Waals surface area (Å²) in [5.74, 6) is 0.0980. The molecule has 2 N–H and O–H groups in total. The first kappa shape index (κ1) is 13.8. The Balaban J connectivity index is 2.45. The van der Waals surface area contributed by atoms with E-state index in [0.717, 1.165) is 0 Å². The molecule has 0 saturated heterocycles. The summed E-state index contributed by atoms with van der Waals surface area (Å²) in [5, 5.41) is 4.26. The molecule has 1 aromatic heterocycles. The van der Waals surface area contributed by atoms with Gasteiger partial charge in [0.15, 0.2) is 5.75 Å². The maximum Gasteiger partial charge on any atom is 0.161 e. The van der Waals surface area contributed by atoms with E-state index >= 15 is 0 Å². The van der Waals surface area contributed by atoms with Crippen LogP contribution in [0.2, 0.25) is 5.02 Å². The van der Waals surface area contributed by atoms with E-state index in [1.165, 1.54) is 12.1 Å². The first-order chi connectivity index (χ1) is 9.08. The molecule has 0 aliphatic heterocycles. The summed E-state index contributed by atoms with van der Waals surface area (Å²) in [4.78, 5) is 0. The fourth-order valence-electron chi connectivity index (χ4n) is 1.96. The Kier molecular flexibility index (Phi) is 4.07. The molecule has 19 heavy (non-hydrogen) atoms. The third kappa shape index (κ3) is 2.57.